The van der Waals surface area contributed by atoms with Gasteiger partial charge in [-0.2, -0.15) is 5.10 Å². The van der Waals surface area contributed by atoms with Crippen molar-refractivity contribution in [1.29, 1.82) is 0 Å². The lowest BCUT2D eigenvalue weighted by Crippen LogP contribution is -2.18. The van der Waals surface area contributed by atoms with Gasteiger partial charge in [0.05, 0.1) is 5.69 Å². The molecule has 0 bridgehead atoms. The molecule has 1 aromatic heterocycles. The zero-order valence-corrected chi connectivity index (χ0v) is 13.7. The molecule has 0 radical (unpaired) electrons. The second kappa shape index (κ2) is 6.02. The van der Waals surface area contributed by atoms with Crippen LogP contribution in [0.4, 0.5) is 0 Å². The summed E-state index contributed by atoms with van der Waals surface area (Å²) in [4.78, 5) is 1.28. The van der Waals surface area contributed by atoms with Crippen LogP contribution in [0, 0.1) is 20.8 Å². The summed E-state index contributed by atoms with van der Waals surface area (Å²) in [5, 5.41) is 5.75. The Hall–Kier alpha value is -1.26. The topological polar surface area (TPSA) is 43.8 Å². The van der Waals surface area contributed by atoms with Gasteiger partial charge in [-0.1, -0.05) is 29.5 Å². The Morgan fingerprint density at radius 1 is 1.30 bits per heavy atom. The summed E-state index contributed by atoms with van der Waals surface area (Å²) in [6.07, 6.45) is 0.868. The van der Waals surface area contributed by atoms with Gasteiger partial charge in [0.15, 0.2) is 0 Å². The summed E-state index contributed by atoms with van der Waals surface area (Å²) in [5.41, 5.74) is 10.9. The van der Waals surface area contributed by atoms with E-state index in [2.05, 4.69) is 44.1 Å². The predicted molar refractivity (Wildman–Crippen MR) is 85.3 cm³/mol. The first-order valence-corrected chi connectivity index (χ1v) is 7.73. The van der Waals surface area contributed by atoms with Crippen molar-refractivity contribution in [2.75, 3.05) is 0 Å². The highest BCUT2D eigenvalue weighted by atomic mass is 32.2. The van der Waals surface area contributed by atoms with Gasteiger partial charge in [0, 0.05) is 23.5 Å². The van der Waals surface area contributed by atoms with Crippen LogP contribution in [-0.4, -0.2) is 15.8 Å². The van der Waals surface area contributed by atoms with E-state index < -0.39 is 0 Å². The quantitative estimate of drug-likeness (QED) is 0.938. The van der Waals surface area contributed by atoms with Gasteiger partial charge in [0.25, 0.3) is 0 Å². The van der Waals surface area contributed by atoms with Gasteiger partial charge in [-0.05, 0) is 45.7 Å². The molecule has 0 saturated heterocycles. The van der Waals surface area contributed by atoms with Crippen LogP contribution in [-0.2, 0) is 13.5 Å². The maximum Gasteiger partial charge on any atom is 0.102 e. The largest absolute Gasteiger partial charge is 0.328 e. The molecule has 0 aliphatic rings. The molecule has 4 heteroatoms. The number of aryl methyl sites for hydroxylation is 4. The SMILES string of the molecule is Cc1ccc(Sc2c(CC(C)N)c(C)nn2C)c(C)c1. The average molecular weight is 289 g/mol. The summed E-state index contributed by atoms with van der Waals surface area (Å²) in [6.45, 7) is 8.38. The summed E-state index contributed by atoms with van der Waals surface area (Å²) >= 11 is 1.78. The number of hydrogen-bond acceptors (Lipinski definition) is 3. The van der Waals surface area contributed by atoms with Gasteiger partial charge in [-0.25, -0.2) is 0 Å². The summed E-state index contributed by atoms with van der Waals surface area (Å²) in [5.74, 6) is 0. The maximum absolute atomic E-state index is 5.97. The molecule has 0 aliphatic carbocycles. The van der Waals surface area contributed by atoms with E-state index in [0.717, 1.165) is 12.1 Å². The number of rotatable bonds is 4. The molecule has 3 nitrogen and oxygen atoms in total. The number of nitrogens with two attached hydrogens (primary N) is 1. The predicted octanol–water partition coefficient (Wildman–Crippen LogP) is 3.39. The lowest BCUT2D eigenvalue weighted by atomic mass is 10.1. The van der Waals surface area contributed by atoms with Gasteiger partial charge in [0.2, 0.25) is 0 Å². The van der Waals surface area contributed by atoms with Crippen LogP contribution >= 0.6 is 11.8 Å². The number of benzene rings is 1. The van der Waals surface area contributed by atoms with E-state index in [0.29, 0.717) is 0 Å². The van der Waals surface area contributed by atoms with Crippen molar-refractivity contribution >= 4 is 11.8 Å². The Bertz CT molecular complexity index is 614. The monoisotopic (exact) mass is 289 g/mol. The van der Waals surface area contributed by atoms with Gasteiger partial charge in [-0.3, -0.25) is 4.68 Å². The van der Waals surface area contributed by atoms with Crippen LogP contribution in [0.25, 0.3) is 0 Å². The molecular formula is C16H23N3S. The zero-order chi connectivity index (χ0) is 14.9. The van der Waals surface area contributed by atoms with Crippen molar-refractivity contribution in [3.05, 3.63) is 40.6 Å². The van der Waals surface area contributed by atoms with Crippen molar-refractivity contribution in [1.82, 2.24) is 9.78 Å². The van der Waals surface area contributed by atoms with Crippen molar-refractivity contribution < 1.29 is 0 Å². The molecule has 0 aliphatic heterocycles. The van der Waals surface area contributed by atoms with Gasteiger partial charge in [0.1, 0.15) is 5.03 Å². The molecule has 0 fully saturated rings. The molecule has 2 N–H and O–H groups in total. The highest BCUT2D eigenvalue weighted by Gasteiger charge is 2.16. The zero-order valence-electron chi connectivity index (χ0n) is 12.9. The Balaban J connectivity index is 2.37. The number of nitrogens with zero attached hydrogens (tertiary/aromatic N) is 2. The first kappa shape index (κ1) is 15.1. The molecule has 1 heterocycles. The molecular weight excluding hydrogens is 266 g/mol. The first-order valence-electron chi connectivity index (χ1n) is 6.91. The maximum atomic E-state index is 5.97. The van der Waals surface area contributed by atoms with E-state index in [9.17, 15) is 0 Å². The smallest absolute Gasteiger partial charge is 0.102 e. The molecule has 2 aromatic rings. The highest BCUT2D eigenvalue weighted by molar-refractivity contribution is 7.99. The summed E-state index contributed by atoms with van der Waals surface area (Å²) < 4.78 is 1.97. The Morgan fingerprint density at radius 2 is 2.00 bits per heavy atom. The summed E-state index contributed by atoms with van der Waals surface area (Å²) in [7, 11) is 2.00. The Morgan fingerprint density at radius 3 is 2.60 bits per heavy atom. The lowest BCUT2D eigenvalue weighted by molar-refractivity contribution is 0.677. The van der Waals surface area contributed by atoms with Gasteiger partial charge < -0.3 is 5.73 Å². The molecule has 2 rings (SSSR count). The standard InChI is InChI=1S/C16H23N3S/c1-10-6-7-15(11(2)8-10)20-16-14(9-12(3)17)13(4)18-19(16)5/h6-8,12H,9,17H2,1-5H3. The highest BCUT2D eigenvalue weighted by Crippen LogP contribution is 2.34. The van der Waals surface area contributed by atoms with E-state index in [1.807, 2.05) is 18.7 Å². The van der Waals surface area contributed by atoms with Gasteiger partial charge >= 0.3 is 0 Å². The minimum atomic E-state index is 0.149. The molecule has 0 amide bonds. The van der Waals surface area contributed by atoms with Crippen LogP contribution in [0.5, 0.6) is 0 Å². The fourth-order valence-electron chi connectivity index (χ4n) is 2.38. The van der Waals surface area contributed by atoms with E-state index in [1.165, 1.54) is 26.6 Å². The number of hydrogen-bond donors (Lipinski definition) is 1. The second-order valence-corrected chi connectivity index (χ2v) is 6.58. The Labute approximate surface area is 125 Å². The van der Waals surface area contributed by atoms with E-state index in [4.69, 9.17) is 5.73 Å². The van der Waals surface area contributed by atoms with E-state index >= 15 is 0 Å². The third kappa shape index (κ3) is 3.25. The molecule has 1 aromatic carbocycles. The van der Waals surface area contributed by atoms with Gasteiger partial charge in [-0.15, -0.1) is 0 Å². The first-order chi connectivity index (χ1) is 9.38. The molecule has 108 valence electrons. The van der Waals surface area contributed by atoms with E-state index in [-0.39, 0.29) is 6.04 Å². The van der Waals surface area contributed by atoms with Crippen LogP contribution in [0.2, 0.25) is 0 Å². The minimum absolute atomic E-state index is 0.149. The second-order valence-electron chi connectivity index (χ2n) is 5.55. The van der Waals surface area contributed by atoms with Crippen LogP contribution in [0.1, 0.15) is 29.3 Å². The lowest BCUT2D eigenvalue weighted by Gasteiger charge is -2.10. The van der Waals surface area contributed by atoms with Crippen molar-refractivity contribution in [2.45, 2.75) is 50.1 Å². The molecule has 1 atom stereocenters. The minimum Gasteiger partial charge on any atom is -0.328 e. The third-order valence-electron chi connectivity index (χ3n) is 3.35. The third-order valence-corrected chi connectivity index (χ3v) is 4.73. The van der Waals surface area contributed by atoms with Crippen LogP contribution in [0.15, 0.2) is 28.1 Å². The molecule has 0 spiro atoms. The molecule has 20 heavy (non-hydrogen) atoms. The van der Waals surface area contributed by atoms with Crippen LogP contribution < -0.4 is 5.73 Å². The molecule has 1 unspecified atom stereocenters. The van der Waals surface area contributed by atoms with Crippen molar-refractivity contribution in [3.8, 4) is 0 Å². The van der Waals surface area contributed by atoms with E-state index in [1.54, 1.807) is 11.8 Å². The normalized spacial score (nSPS) is 12.7. The fourth-order valence-corrected chi connectivity index (χ4v) is 3.47. The van der Waals surface area contributed by atoms with Crippen molar-refractivity contribution in [3.63, 3.8) is 0 Å². The Kier molecular flexibility index (Phi) is 4.55. The number of aromatic nitrogens is 2. The van der Waals surface area contributed by atoms with Crippen LogP contribution in [0.3, 0.4) is 0 Å². The average Bonchev–Trinajstić information content (AvgIpc) is 2.58. The molecule has 0 saturated carbocycles. The fraction of sp³-hybridized carbons (Fsp3) is 0.438. The van der Waals surface area contributed by atoms with Crippen molar-refractivity contribution in [2.24, 2.45) is 12.8 Å². The summed E-state index contributed by atoms with van der Waals surface area (Å²) in [6, 6.07) is 6.71.